The molecule has 0 radical (unpaired) electrons. The second-order valence-electron chi connectivity index (χ2n) is 7.38. The summed E-state index contributed by atoms with van der Waals surface area (Å²) >= 11 is 0. The van der Waals surface area contributed by atoms with Crippen LogP contribution in [0.4, 0.5) is 11.8 Å². The first kappa shape index (κ1) is 19.5. The van der Waals surface area contributed by atoms with Gasteiger partial charge in [-0.15, -0.1) is 5.10 Å². The Balaban J connectivity index is 1.32. The lowest BCUT2D eigenvalue weighted by molar-refractivity contribution is 0.0360. The van der Waals surface area contributed by atoms with Crippen molar-refractivity contribution in [2.24, 2.45) is 0 Å². The number of para-hydroxylation sites is 1. The average molecular weight is 419 g/mol. The maximum Gasteiger partial charge on any atom is 0.246 e. The quantitative estimate of drug-likeness (QED) is 0.493. The Kier molecular flexibility index (Phi) is 5.51. The molecule has 31 heavy (non-hydrogen) atoms. The molecule has 160 valence electrons. The molecule has 1 aliphatic rings. The Morgan fingerprint density at radius 3 is 2.77 bits per heavy atom. The highest BCUT2D eigenvalue weighted by Gasteiger charge is 2.13. The topological polar surface area (TPSA) is 81.7 Å². The van der Waals surface area contributed by atoms with E-state index in [1.807, 2.05) is 57.9 Å². The standard InChI is InChI=1S/C22H25N7O2/c1-30-20-5-3-2-4-18(20)19-7-6-17-16-23-22(26-29(17)19)24-21-8-9-28(25-21)11-10-27-12-14-31-15-13-27/h2-9,16H,10-15H2,1H3,(H,24,25,26). The zero-order valence-electron chi connectivity index (χ0n) is 17.4. The van der Waals surface area contributed by atoms with Crippen LogP contribution in [0.5, 0.6) is 5.75 Å². The molecule has 1 aromatic carbocycles. The van der Waals surface area contributed by atoms with Crippen molar-refractivity contribution in [1.82, 2.24) is 29.3 Å². The molecule has 0 amide bonds. The molecule has 1 aliphatic heterocycles. The maximum atomic E-state index is 5.52. The Morgan fingerprint density at radius 1 is 1.03 bits per heavy atom. The number of hydrogen-bond acceptors (Lipinski definition) is 7. The fraction of sp³-hybridized carbons (Fsp3) is 0.318. The van der Waals surface area contributed by atoms with Gasteiger partial charge in [0.25, 0.3) is 0 Å². The summed E-state index contributed by atoms with van der Waals surface area (Å²) in [6.07, 6.45) is 3.76. The summed E-state index contributed by atoms with van der Waals surface area (Å²) in [5.41, 5.74) is 2.82. The third-order valence-corrected chi connectivity index (χ3v) is 5.41. The van der Waals surface area contributed by atoms with Crippen LogP contribution < -0.4 is 10.1 Å². The van der Waals surface area contributed by atoms with Crippen LogP contribution in [0, 0.1) is 0 Å². The van der Waals surface area contributed by atoms with E-state index in [0.717, 1.165) is 61.9 Å². The van der Waals surface area contributed by atoms with Gasteiger partial charge in [-0.05, 0) is 24.3 Å². The average Bonchev–Trinajstić information content (AvgIpc) is 3.45. The van der Waals surface area contributed by atoms with Gasteiger partial charge >= 0.3 is 0 Å². The van der Waals surface area contributed by atoms with Crippen molar-refractivity contribution in [2.45, 2.75) is 6.54 Å². The number of methoxy groups -OCH3 is 1. The minimum Gasteiger partial charge on any atom is -0.496 e. The Labute approximate surface area is 180 Å². The summed E-state index contributed by atoms with van der Waals surface area (Å²) in [6, 6.07) is 13.9. The van der Waals surface area contributed by atoms with E-state index < -0.39 is 0 Å². The molecule has 1 fully saturated rings. The van der Waals surface area contributed by atoms with Crippen LogP contribution in [0.3, 0.4) is 0 Å². The highest BCUT2D eigenvalue weighted by Crippen LogP contribution is 2.30. The van der Waals surface area contributed by atoms with Crippen LogP contribution in [-0.2, 0) is 11.3 Å². The van der Waals surface area contributed by atoms with E-state index in [2.05, 4.69) is 25.4 Å². The number of morpholine rings is 1. The number of rotatable bonds is 7. The predicted molar refractivity (Wildman–Crippen MR) is 118 cm³/mol. The van der Waals surface area contributed by atoms with Gasteiger partial charge < -0.3 is 14.8 Å². The van der Waals surface area contributed by atoms with Crippen molar-refractivity contribution in [1.29, 1.82) is 0 Å². The van der Waals surface area contributed by atoms with Gasteiger partial charge in [0.2, 0.25) is 5.95 Å². The minimum atomic E-state index is 0.485. The zero-order chi connectivity index (χ0) is 21.0. The summed E-state index contributed by atoms with van der Waals surface area (Å²) in [4.78, 5) is 6.82. The summed E-state index contributed by atoms with van der Waals surface area (Å²) in [5.74, 6) is 2.00. The predicted octanol–water partition coefficient (Wildman–Crippen LogP) is 2.68. The third kappa shape index (κ3) is 4.23. The Hall–Kier alpha value is -3.43. The summed E-state index contributed by atoms with van der Waals surface area (Å²) in [6.45, 7) is 5.36. The normalized spacial score (nSPS) is 14.7. The molecular weight excluding hydrogens is 394 g/mol. The minimum absolute atomic E-state index is 0.485. The fourth-order valence-electron chi connectivity index (χ4n) is 3.76. The molecule has 4 aromatic rings. The van der Waals surface area contributed by atoms with Crippen molar-refractivity contribution in [2.75, 3.05) is 45.3 Å². The van der Waals surface area contributed by atoms with Crippen LogP contribution in [0.25, 0.3) is 16.8 Å². The molecule has 0 atom stereocenters. The van der Waals surface area contributed by atoms with Crippen molar-refractivity contribution in [3.05, 3.63) is 54.9 Å². The SMILES string of the molecule is COc1ccccc1-c1ccc2cnc(Nc3ccn(CCN4CCOCC4)n3)nn12. The molecule has 0 unspecified atom stereocenters. The van der Waals surface area contributed by atoms with Gasteiger partial charge in [0.1, 0.15) is 5.75 Å². The summed E-state index contributed by atoms with van der Waals surface area (Å²) < 4.78 is 14.7. The van der Waals surface area contributed by atoms with Crippen molar-refractivity contribution in [3.63, 3.8) is 0 Å². The summed E-state index contributed by atoms with van der Waals surface area (Å²) in [7, 11) is 1.67. The molecule has 5 rings (SSSR count). The molecule has 1 saturated heterocycles. The second-order valence-corrected chi connectivity index (χ2v) is 7.38. The van der Waals surface area contributed by atoms with E-state index in [1.54, 1.807) is 13.3 Å². The second kappa shape index (κ2) is 8.75. The highest BCUT2D eigenvalue weighted by atomic mass is 16.5. The molecule has 0 spiro atoms. The molecule has 3 aromatic heterocycles. The fourth-order valence-corrected chi connectivity index (χ4v) is 3.76. The first-order chi connectivity index (χ1) is 15.3. The highest BCUT2D eigenvalue weighted by molar-refractivity contribution is 5.71. The van der Waals surface area contributed by atoms with Gasteiger partial charge in [0.15, 0.2) is 5.82 Å². The van der Waals surface area contributed by atoms with Crippen molar-refractivity contribution < 1.29 is 9.47 Å². The van der Waals surface area contributed by atoms with E-state index in [4.69, 9.17) is 9.47 Å². The molecule has 0 saturated carbocycles. The number of aromatic nitrogens is 5. The molecular formula is C22H25N7O2. The third-order valence-electron chi connectivity index (χ3n) is 5.41. The van der Waals surface area contributed by atoms with Gasteiger partial charge in [0, 0.05) is 37.5 Å². The van der Waals surface area contributed by atoms with Crippen LogP contribution in [0.15, 0.2) is 54.9 Å². The molecule has 9 heteroatoms. The summed E-state index contributed by atoms with van der Waals surface area (Å²) in [5, 5.41) is 12.5. The molecule has 1 N–H and O–H groups in total. The number of ether oxygens (including phenoxy) is 2. The first-order valence-corrected chi connectivity index (χ1v) is 10.4. The van der Waals surface area contributed by atoms with Gasteiger partial charge in [-0.3, -0.25) is 9.58 Å². The van der Waals surface area contributed by atoms with Gasteiger partial charge in [-0.25, -0.2) is 9.50 Å². The van der Waals surface area contributed by atoms with E-state index in [0.29, 0.717) is 11.8 Å². The smallest absolute Gasteiger partial charge is 0.246 e. The number of anilines is 2. The monoisotopic (exact) mass is 419 g/mol. The maximum absolute atomic E-state index is 5.52. The van der Waals surface area contributed by atoms with Gasteiger partial charge in [0.05, 0.1) is 44.3 Å². The van der Waals surface area contributed by atoms with E-state index in [1.165, 1.54) is 0 Å². The lowest BCUT2D eigenvalue weighted by Gasteiger charge is -2.26. The molecule has 0 bridgehead atoms. The van der Waals surface area contributed by atoms with Crippen molar-refractivity contribution in [3.8, 4) is 17.0 Å². The van der Waals surface area contributed by atoms with E-state index >= 15 is 0 Å². The lowest BCUT2D eigenvalue weighted by Crippen LogP contribution is -2.38. The van der Waals surface area contributed by atoms with Crippen molar-refractivity contribution >= 4 is 17.3 Å². The Bertz CT molecular complexity index is 1160. The van der Waals surface area contributed by atoms with Crippen LogP contribution >= 0.6 is 0 Å². The number of benzene rings is 1. The number of nitrogens with one attached hydrogen (secondary N) is 1. The molecule has 0 aliphatic carbocycles. The lowest BCUT2D eigenvalue weighted by atomic mass is 10.1. The van der Waals surface area contributed by atoms with Gasteiger partial charge in [-0.1, -0.05) is 12.1 Å². The van der Waals surface area contributed by atoms with Crippen LogP contribution in [0.2, 0.25) is 0 Å². The van der Waals surface area contributed by atoms with Crippen LogP contribution in [-0.4, -0.2) is 69.2 Å². The Morgan fingerprint density at radius 2 is 1.90 bits per heavy atom. The van der Waals surface area contributed by atoms with E-state index in [9.17, 15) is 0 Å². The molecule has 9 nitrogen and oxygen atoms in total. The van der Waals surface area contributed by atoms with Gasteiger partial charge in [-0.2, -0.15) is 5.10 Å². The molecule has 4 heterocycles. The van der Waals surface area contributed by atoms with E-state index in [-0.39, 0.29) is 0 Å². The first-order valence-electron chi connectivity index (χ1n) is 10.4. The zero-order valence-corrected chi connectivity index (χ0v) is 17.4. The number of fused-ring (bicyclic) bond motifs is 1. The number of hydrogen-bond donors (Lipinski definition) is 1. The van der Waals surface area contributed by atoms with Crippen LogP contribution in [0.1, 0.15) is 0 Å². The number of nitrogens with zero attached hydrogens (tertiary/aromatic N) is 6. The largest absolute Gasteiger partial charge is 0.496 e.